The Balaban J connectivity index is 1.49. The Hall–Kier alpha value is -2.63. The number of amides is 1. The lowest BCUT2D eigenvalue weighted by Gasteiger charge is -2.33. The molecule has 0 spiro atoms. The van der Waals surface area contributed by atoms with E-state index in [4.69, 9.17) is 0 Å². The zero-order valence-electron chi connectivity index (χ0n) is 13.9. The van der Waals surface area contributed by atoms with E-state index in [0.29, 0.717) is 17.4 Å². The molecule has 0 atom stereocenters. The molecule has 0 saturated carbocycles. The van der Waals surface area contributed by atoms with Gasteiger partial charge in [0.15, 0.2) is 0 Å². The summed E-state index contributed by atoms with van der Waals surface area (Å²) in [6, 6.07) is 12.2. The maximum atomic E-state index is 11.6. The highest BCUT2D eigenvalue weighted by Crippen LogP contribution is 2.23. The van der Waals surface area contributed by atoms with Crippen LogP contribution in [0.4, 0.5) is 11.5 Å². The highest BCUT2D eigenvalue weighted by Gasteiger charge is 2.19. The molecule has 1 aromatic carbocycles. The minimum absolute atomic E-state index is 0.198. The number of aromatic nitrogens is 2. The zero-order chi connectivity index (χ0) is 16.8. The van der Waals surface area contributed by atoms with Crippen LogP contribution < -0.4 is 15.5 Å². The van der Waals surface area contributed by atoms with Gasteiger partial charge in [-0.15, -0.1) is 0 Å². The molecular weight excluding hydrogens is 302 g/mol. The third-order valence-electron chi connectivity index (χ3n) is 4.43. The van der Waals surface area contributed by atoms with Crippen molar-refractivity contribution in [1.82, 2.24) is 15.3 Å². The average Bonchev–Trinajstić information content (AvgIpc) is 2.67. The number of anilines is 2. The molecule has 24 heavy (non-hydrogen) atoms. The van der Waals surface area contributed by atoms with Gasteiger partial charge in [-0.05, 0) is 30.9 Å². The van der Waals surface area contributed by atoms with Gasteiger partial charge in [-0.1, -0.05) is 18.2 Å². The summed E-state index contributed by atoms with van der Waals surface area (Å²) in [7, 11) is 1.60. The normalized spacial score (nSPS) is 15.1. The van der Waals surface area contributed by atoms with Crippen LogP contribution in [-0.2, 0) is 0 Å². The largest absolute Gasteiger partial charge is 0.372 e. The van der Waals surface area contributed by atoms with E-state index < -0.39 is 0 Å². The fourth-order valence-corrected chi connectivity index (χ4v) is 2.99. The molecule has 1 aliphatic heterocycles. The molecule has 2 heterocycles. The molecule has 0 aliphatic carbocycles. The molecule has 0 bridgehead atoms. The first-order chi connectivity index (χ1) is 11.8. The topological polar surface area (TPSA) is 70.2 Å². The third kappa shape index (κ3) is 4.01. The fourth-order valence-electron chi connectivity index (χ4n) is 2.99. The SMILES string of the molecule is CNC(=O)c1cc(NCC2CCN(c3ccccc3)CC2)ncn1. The Morgan fingerprint density at radius 2 is 1.96 bits per heavy atom. The molecule has 126 valence electrons. The van der Waals surface area contributed by atoms with Crippen molar-refractivity contribution >= 4 is 17.4 Å². The van der Waals surface area contributed by atoms with E-state index in [1.54, 1.807) is 13.1 Å². The molecule has 2 aromatic rings. The summed E-state index contributed by atoms with van der Waals surface area (Å²) < 4.78 is 0. The lowest BCUT2D eigenvalue weighted by Crippen LogP contribution is -2.35. The first-order valence-corrected chi connectivity index (χ1v) is 8.34. The van der Waals surface area contributed by atoms with Crippen LogP contribution >= 0.6 is 0 Å². The summed E-state index contributed by atoms with van der Waals surface area (Å²) in [4.78, 5) is 22.2. The standard InChI is InChI=1S/C18H23N5O/c1-19-18(24)16-11-17(22-13-21-16)20-12-14-7-9-23(10-8-14)15-5-3-2-4-6-15/h2-6,11,13-14H,7-10,12H2,1H3,(H,19,24)(H,20,21,22). The van der Waals surface area contributed by atoms with Crippen LogP contribution in [0.1, 0.15) is 23.3 Å². The molecule has 0 radical (unpaired) electrons. The molecule has 1 fully saturated rings. The number of carbonyl (C=O) groups is 1. The smallest absolute Gasteiger partial charge is 0.269 e. The highest BCUT2D eigenvalue weighted by molar-refractivity contribution is 5.92. The Kier molecular flexibility index (Phi) is 5.25. The van der Waals surface area contributed by atoms with Gasteiger partial charge in [-0.3, -0.25) is 4.79 Å². The van der Waals surface area contributed by atoms with Crippen molar-refractivity contribution < 1.29 is 4.79 Å². The number of hydrogen-bond acceptors (Lipinski definition) is 5. The van der Waals surface area contributed by atoms with Gasteiger partial charge in [-0.2, -0.15) is 0 Å². The van der Waals surface area contributed by atoms with Crippen LogP contribution in [0.25, 0.3) is 0 Å². The van der Waals surface area contributed by atoms with Crippen molar-refractivity contribution in [3.8, 4) is 0 Å². The number of piperidine rings is 1. The lowest BCUT2D eigenvalue weighted by molar-refractivity contribution is 0.0958. The van der Waals surface area contributed by atoms with Gasteiger partial charge < -0.3 is 15.5 Å². The number of carbonyl (C=O) groups excluding carboxylic acids is 1. The molecule has 3 rings (SSSR count). The Bertz CT molecular complexity index is 668. The van der Waals surface area contributed by atoms with E-state index in [-0.39, 0.29) is 5.91 Å². The van der Waals surface area contributed by atoms with E-state index in [9.17, 15) is 4.79 Å². The summed E-state index contributed by atoms with van der Waals surface area (Å²) in [5, 5.41) is 5.91. The van der Waals surface area contributed by atoms with E-state index in [0.717, 1.165) is 32.5 Å². The van der Waals surface area contributed by atoms with Crippen molar-refractivity contribution in [2.75, 3.05) is 36.9 Å². The van der Waals surface area contributed by atoms with Crippen molar-refractivity contribution in [3.05, 3.63) is 48.4 Å². The van der Waals surface area contributed by atoms with Crippen molar-refractivity contribution in [3.63, 3.8) is 0 Å². The van der Waals surface area contributed by atoms with Crippen LogP contribution in [-0.4, -0.2) is 42.6 Å². The van der Waals surface area contributed by atoms with Gasteiger partial charge in [0.1, 0.15) is 17.8 Å². The lowest BCUT2D eigenvalue weighted by atomic mass is 9.96. The third-order valence-corrected chi connectivity index (χ3v) is 4.43. The van der Waals surface area contributed by atoms with Crippen molar-refractivity contribution in [1.29, 1.82) is 0 Å². The number of benzene rings is 1. The van der Waals surface area contributed by atoms with Crippen molar-refractivity contribution in [2.24, 2.45) is 5.92 Å². The minimum Gasteiger partial charge on any atom is -0.372 e. The monoisotopic (exact) mass is 325 g/mol. The minimum atomic E-state index is -0.198. The fraction of sp³-hybridized carbons (Fsp3) is 0.389. The van der Waals surface area contributed by atoms with Crippen LogP contribution in [0.5, 0.6) is 0 Å². The Morgan fingerprint density at radius 1 is 1.21 bits per heavy atom. The molecule has 0 unspecified atom stereocenters. The average molecular weight is 325 g/mol. The molecule has 2 N–H and O–H groups in total. The quantitative estimate of drug-likeness (QED) is 0.881. The predicted molar refractivity (Wildman–Crippen MR) is 95.3 cm³/mol. The number of rotatable bonds is 5. The van der Waals surface area contributed by atoms with E-state index >= 15 is 0 Å². The Labute approximate surface area is 142 Å². The zero-order valence-corrected chi connectivity index (χ0v) is 13.9. The molecule has 1 amide bonds. The maximum absolute atomic E-state index is 11.6. The summed E-state index contributed by atoms with van der Waals surface area (Å²) in [6.07, 6.45) is 3.72. The van der Waals surface area contributed by atoms with Gasteiger partial charge >= 0.3 is 0 Å². The Morgan fingerprint density at radius 3 is 2.67 bits per heavy atom. The summed E-state index contributed by atoms with van der Waals surface area (Å²) in [5.41, 5.74) is 1.68. The molecule has 6 nitrogen and oxygen atoms in total. The van der Waals surface area contributed by atoms with Gasteiger partial charge in [0.2, 0.25) is 0 Å². The first-order valence-electron chi connectivity index (χ1n) is 8.34. The molecular formula is C18H23N5O. The second-order valence-corrected chi connectivity index (χ2v) is 6.01. The molecule has 1 aliphatic rings. The predicted octanol–water partition coefficient (Wildman–Crippen LogP) is 2.16. The van der Waals surface area contributed by atoms with Crippen molar-refractivity contribution in [2.45, 2.75) is 12.8 Å². The maximum Gasteiger partial charge on any atom is 0.269 e. The second kappa shape index (κ2) is 7.77. The molecule has 6 heteroatoms. The number of hydrogen-bond donors (Lipinski definition) is 2. The summed E-state index contributed by atoms with van der Waals surface area (Å²) in [5.74, 6) is 1.12. The van der Waals surface area contributed by atoms with E-state index in [1.165, 1.54) is 12.0 Å². The van der Waals surface area contributed by atoms with Crippen LogP contribution in [0.15, 0.2) is 42.7 Å². The number of nitrogens with one attached hydrogen (secondary N) is 2. The summed E-state index contributed by atoms with van der Waals surface area (Å²) >= 11 is 0. The van der Waals surface area contributed by atoms with Gasteiger partial charge in [-0.25, -0.2) is 9.97 Å². The van der Waals surface area contributed by atoms with Gasteiger partial charge in [0.05, 0.1) is 0 Å². The van der Waals surface area contributed by atoms with Crippen LogP contribution in [0, 0.1) is 5.92 Å². The van der Waals surface area contributed by atoms with Gasteiger partial charge in [0, 0.05) is 38.4 Å². The second-order valence-electron chi connectivity index (χ2n) is 6.01. The summed E-state index contributed by atoms with van der Waals surface area (Å²) in [6.45, 7) is 3.01. The molecule has 1 saturated heterocycles. The van der Waals surface area contributed by atoms with E-state index in [1.807, 2.05) is 0 Å². The van der Waals surface area contributed by atoms with E-state index in [2.05, 4.69) is 55.8 Å². The van der Waals surface area contributed by atoms with Gasteiger partial charge in [0.25, 0.3) is 5.91 Å². The number of para-hydroxylation sites is 1. The molecule has 1 aromatic heterocycles. The first kappa shape index (κ1) is 16.2. The van der Waals surface area contributed by atoms with Crippen LogP contribution in [0.3, 0.4) is 0 Å². The highest BCUT2D eigenvalue weighted by atomic mass is 16.1. The van der Waals surface area contributed by atoms with Crippen LogP contribution in [0.2, 0.25) is 0 Å². The number of nitrogens with zero attached hydrogens (tertiary/aromatic N) is 3.